The molecule has 0 radical (unpaired) electrons. The predicted octanol–water partition coefficient (Wildman–Crippen LogP) is 2.86. The van der Waals surface area contributed by atoms with Crippen molar-refractivity contribution in [1.29, 1.82) is 0 Å². The summed E-state index contributed by atoms with van der Waals surface area (Å²) in [6.45, 7) is 1.51. The molecule has 1 aliphatic carbocycles. The van der Waals surface area contributed by atoms with E-state index in [-0.39, 0.29) is 30.1 Å². The van der Waals surface area contributed by atoms with Crippen LogP contribution in [0.15, 0.2) is 70.5 Å². The molecule has 1 fully saturated rings. The van der Waals surface area contributed by atoms with E-state index in [0.717, 1.165) is 35.9 Å². The SMILES string of the molecule is CC(C=C(N)C(=O)CC(N)[C@H]1CCC2=CC=CCC=C2NNC1=O)=NCc1cc(F)ccc1F. The van der Waals surface area contributed by atoms with Gasteiger partial charge in [-0.3, -0.25) is 25.4 Å². The summed E-state index contributed by atoms with van der Waals surface area (Å²) >= 11 is 0. The highest BCUT2D eigenvalue weighted by Crippen LogP contribution is 2.24. The molecule has 1 heterocycles. The summed E-state index contributed by atoms with van der Waals surface area (Å²) in [4.78, 5) is 29.4. The minimum Gasteiger partial charge on any atom is -0.396 e. The number of hydrazine groups is 1. The Morgan fingerprint density at radius 2 is 2.12 bits per heavy atom. The minimum atomic E-state index is -0.729. The van der Waals surface area contributed by atoms with Crippen LogP contribution in [0.4, 0.5) is 8.78 Å². The average molecular weight is 470 g/mol. The number of carbonyl (C=O) groups excluding carboxylic acids is 2. The van der Waals surface area contributed by atoms with E-state index in [0.29, 0.717) is 18.6 Å². The summed E-state index contributed by atoms with van der Waals surface area (Å²) in [5.41, 5.74) is 20.1. The van der Waals surface area contributed by atoms with Crippen molar-refractivity contribution in [2.45, 2.75) is 45.2 Å². The Labute approximate surface area is 197 Å². The van der Waals surface area contributed by atoms with E-state index in [4.69, 9.17) is 11.5 Å². The van der Waals surface area contributed by atoms with Gasteiger partial charge in [-0.05, 0) is 56.0 Å². The molecule has 180 valence electrons. The summed E-state index contributed by atoms with van der Waals surface area (Å²) in [5, 5.41) is 0. The summed E-state index contributed by atoms with van der Waals surface area (Å²) < 4.78 is 27.0. The Morgan fingerprint density at radius 1 is 1.32 bits per heavy atom. The topological polar surface area (TPSA) is 123 Å². The maximum Gasteiger partial charge on any atom is 0.243 e. The molecule has 3 rings (SSSR count). The number of fused-ring (bicyclic) bond motifs is 1. The number of nitrogens with two attached hydrogens (primary N) is 2. The van der Waals surface area contributed by atoms with E-state index in [1.807, 2.05) is 24.3 Å². The maximum absolute atomic E-state index is 13.7. The van der Waals surface area contributed by atoms with Crippen LogP contribution in [0.1, 0.15) is 38.2 Å². The number of allylic oxidation sites excluding steroid dienone is 7. The van der Waals surface area contributed by atoms with Crippen molar-refractivity contribution in [3.63, 3.8) is 0 Å². The Morgan fingerprint density at radius 3 is 2.91 bits per heavy atom. The van der Waals surface area contributed by atoms with Crippen LogP contribution in [0.3, 0.4) is 0 Å². The van der Waals surface area contributed by atoms with E-state index < -0.39 is 29.4 Å². The smallest absolute Gasteiger partial charge is 0.243 e. The number of ketones is 1. The van der Waals surface area contributed by atoms with Gasteiger partial charge < -0.3 is 11.5 Å². The van der Waals surface area contributed by atoms with Crippen molar-refractivity contribution < 1.29 is 18.4 Å². The van der Waals surface area contributed by atoms with Crippen LogP contribution in [0.5, 0.6) is 0 Å². The molecule has 1 unspecified atom stereocenters. The van der Waals surface area contributed by atoms with Crippen LogP contribution >= 0.6 is 0 Å². The molecule has 1 amide bonds. The number of nitrogens with one attached hydrogen (secondary N) is 2. The van der Waals surface area contributed by atoms with Gasteiger partial charge in [0.05, 0.1) is 23.9 Å². The van der Waals surface area contributed by atoms with Gasteiger partial charge in [0, 0.05) is 23.7 Å². The van der Waals surface area contributed by atoms with E-state index in [9.17, 15) is 18.4 Å². The molecule has 1 aromatic rings. The molecular weight excluding hydrogens is 440 g/mol. The normalized spacial score (nSPS) is 20.0. The molecule has 1 saturated heterocycles. The Hall–Kier alpha value is -3.59. The molecule has 2 atom stereocenters. The first-order chi connectivity index (χ1) is 16.2. The summed E-state index contributed by atoms with van der Waals surface area (Å²) in [5.74, 6) is -2.41. The third-order valence-corrected chi connectivity index (χ3v) is 5.75. The van der Waals surface area contributed by atoms with E-state index in [1.54, 1.807) is 6.92 Å². The third kappa shape index (κ3) is 6.71. The minimum absolute atomic E-state index is 0.0670. The lowest BCUT2D eigenvalue weighted by Gasteiger charge is -2.27. The molecule has 1 aromatic carbocycles. The fourth-order valence-corrected chi connectivity index (χ4v) is 3.79. The molecule has 7 nitrogen and oxygen atoms in total. The molecule has 0 saturated carbocycles. The quantitative estimate of drug-likeness (QED) is 0.361. The summed E-state index contributed by atoms with van der Waals surface area (Å²) in [7, 11) is 0. The lowest BCUT2D eigenvalue weighted by molar-refractivity contribution is -0.127. The van der Waals surface area contributed by atoms with E-state index in [2.05, 4.69) is 15.8 Å². The number of rotatable bonds is 7. The zero-order valence-corrected chi connectivity index (χ0v) is 19.0. The number of halogens is 2. The molecule has 1 aliphatic heterocycles. The van der Waals surface area contributed by atoms with Gasteiger partial charge in [0.25, 0.3) is 0 Å². The largest absolute Gasteiger partial charge is 0.396 e. The Balaban J connectivity index is 1.61. The number of hydrogen-bond donors (Lipinski definition) is 4. The first-order valence-corrected chi connectivity index (χ1v) is 11.1. The second kappa shape index (κ2) is 11.5. The lowest BCUT2D eigenvalue weighted by atomic mass is 9.87. The van der Waals surface area contributed by atoms with E-state index in [1.165, 1.54) is 6.08 Å². The van der Waals surface area contributed by atoms with Crippen molar-refractivity contribution in [2.24, 2.45) is 22.4 Å². The van der Waals surface area contributed by atoms with Gasteiger partial charge in [0.15, 0.2) is 5.78 Å². The van der Waals surface area contributed by atoms with Gasteiger partial charge in [0.1, 0.15) is 11.6 Å². The van der Waals surface area contributed by atoms with Crippen molar-refractivity contribution in [3.05, 3.63) is 82.7 Å². The number of amides is 1. The van der Waals surface area contributed by atoms with Gasteiger partial charge in [-0.15, -0.1) is 0 Å². The highest BCUT2D eigenvalue weighted by molar-refractivity contribution is 6.03. The molecular formula is C25H29F2N5O2. The van der Waals surface area contributed by atoms with Crippen LogP contribution in [0, 0.1) is 17.6 Å². The van der Waals surface area contributed by atoms with Gasteiger partial charge in [-0.2, -0.15) is 0 Å². The molecule has 9 heteroatoms. The molecule has 0 bridgehead atoms. The maximum atomic E-state index is 13.7. The average Bonchev–Trinajstić information content (AvgIpc) is 3.01. The second-order valence-corrected chi connectivity index (χ2v) is 8.32. The lowest BCUT2D eigenvalue weighted by Crippen LogP contribution is -2.49. The zero-order chi connectivity index (χ0) is 24.7. The standard InChI is InChI=1S/C25H29F2N5O2/c1-15(30-14-17-12-18(26)8-10-20(17)27)11-22(29)24(33)13-21(28)19-9-7-16-5-3-2-4-6-23(16)31-32-25(19)34/h2-3,5-6,8,10-12,19,21,31H,4,7,9,13-14,28-29H2,1H3,(H,32,34)/t19-,21?/m1/s1. The Bertz CT molecular complexity index is 1100. The summed E-state index contributed by atoms with van der Waals surface area (Å²) in [6.07, 6.45) is 11.1. The molecule has 0 spiro atoms. The molecule has 2 aliphatic rings. The predicted molar refractivity (Wildman–Crippen MR) is 127 cm³/mol. The number of carbonyl (C=O) groups is 2. The van der Waals surface area contributed by atoms with E-state index >= 15 is 0 Å². The second-order valence-electron chi connectivity index (χ2n) is 8.32. The van der Waals surface area contributed by atoms with Gasteiger partial charge in [0.2, 0.25) is 5.91 Å². The molecule has 34 heavy (non-hydrogen) atoms. The summed E-state index contributed by atoms with van der Waals surface area (Å²) in [6, 6.07) is 2.40. The van der Waals surface area contributed by atoms with Gasteiger partial charge >= 0.3 is 0 Å². The highest BCUT2D eigenvalue weighted by Gasteiger charge is 2.30. The number of benzene rings is 1. The first kappa shape index (κ1) is 25.0. The van der Waals surface area contributed by atoms with Crippen LogP contribution in [-0.4, -0.2) is 23.4 Å². The van der Waals surface area contributed by atoms with Crippen LogP contribution < -0.4 is 22.3 Å². The fraction of sp³-hybridized carbons (Fsp3) is 0.320. The number of nitrogens with zero attached hydrogens (tertiary/aromatic N) is 1. The van der Waals surface area contributed by atoms with Crippen molar-refractivity contribution in [2.75, 3.05) is 0 Å². The molecule has 0 aromatic heterocycles. The Kier molecular flexibility index (Phi) is 8.48. The number of hydrogen-bond acceptors (Lipinski definition) is 6. The van der Waals surface area contributed by atoms with Gasteiger partial charge in [-0.25, -0.2) is 8.78 Å². The van der Waals surface area contributed by atoms with Crippen molar-refractivity contribution in [3.8, 4) is 0 Å². The number of Topliss-reactive ketones (excluding diaryl/α,β-unsaturated/α-hetero) is 1. The van der Waals surface area contributed by atoms with Crippen LogP contribution in [0.25, 0.3) is 0 Å². The number of aliphatic imine (C=N–C) groups is 1. The molecule has 6 N–H and O–H groups in total. The fourth-order valence-electron chi connectivity index (χ4n) is 3.79. The van der Waals surface area contributed by atoms with Gasteiger partial charge in [-0.1, -0.05) is 24.3 Å². The monoisotopic (exact) mass is 469 g/mol. The van der Waals surface area contributed by atoms with Crippen molar-refractivity contribution >= 4 is 17.4 Å². The van der Waals surface area contributed by atoms with Crippen molar-refractivity contribution in [1.82, 2.24) is 10.9 Å². The highest BCUT2D eigenvalue weighted by atomic mass is 19.1. The zero-order valence-electron chi connectivity index (χ0n) is 19.0. The van der Waals surface area contributed by atoms with Crippen LogP contribution in [-0.2, 0) is 16.1 Å². The van der Waals surface area contributed by atoms with Crippen LogP contribution in [0.2, 0.25) is 0 Å². The first-order valence-electron chi connectivity index (χ1n) is 11.1. The third-order valence-electron chi connectivity index (χ3n) is 5.75.